The highest BCUT2D eigenvalue weighted by Gasteiger charge is 2.05. The van der Waals surface area contributed by atoms with Crippen molar-refractivity contribution >= 4 is 11.8 Å². The number of unbranched alkanes of at least 4 members (excludes halogenated alkanes) is 10. The van der Waals surface area contributed by atoms with E-state index in [2.05, 4.69) is 17.6 Å². The first-order valence-electron chi connectivity index (χ1n) is 10.9. The number of benzene rings is 1. The first kappa shape index (κ1) is 24.0. The van der Waals surface area contributed by atoms with Gasteiger partial charge in [-0.2, -0.15) is 0 Å². The molecule has 5 heteroatoms. The number of carbonyl (C=O) groups is 2. The molecule has 2 amide bonds. The normalized spacial score (nSPS) is 10.6. The van der Waals surface area contributed by atoms with Gasteiger partial charge < -0.3 is 15.7 Å². The molecule has 0 saturated heterocycles. The zero-order valence-corrected chi connectivity index (χ0v) is 17.5. The van der Waals surface area contributed by atoms with Crippen LogP contribution in [0.4, 0.5) is 0 Å². The second-order valence-corrected chi connectivity index (χ2v) is 7.51. The van der Waals surface area contributed by atoms with E-state index in [4.69, 9.17) is 0 Å². The maximum atomic E-state index is 11.8. The average Bonchev–Trinajstić information content (AvgIpc) is 2.68. The van der Waals surface area contributed by atoms with Crippen molar-refractivity contribution in [3.8, 4) is 5.75 Å². The molecule has 0 heterocycles. The summed E-state index contributed by atoms with van der Waals surface area (Å²) in [7, 11) is 0. The molecule has 1 rings (SSSR count). The molecule has 28 heavy (non-hydrogen) atoms. The van der Waals surface area contributed by atoms with Crippen molar-refractivity contribution in [2.45, 2.75) is 90.4 Å². The Hall–Kier alpha value is -2.04. The lowest BCUT2D eigenvalue weighted by molar-refractivity contribution is -0.122. The van der Waals surface area contributed by atoms with E-state index in [1.807, 2.05) is 0 Å². The highest BCUT2D eigenvalue weighted by atomic mass is 16.3. The SMILES string of the molecule is CCCCCCCCCCCCCC(=O)NCNC(=O)Cc1ccc(O)cc1. The Morgan fingerprint density at radius 2 is 1.25 bits per heavy atom. The molecule has 0 saturated carbocycles. The minimum Gasteiger partial charge on any atom is -0.508 e. The van der Waals surface area contributed by atoms with Gasteiger partial charge in [-0.05, 0) is 24.1 Å². The minimum atomic E-state index is -0.152. The third kappa shape index (κ3) is 13.2. The summed E-state index contributed by atoms with van der Waals surface area (Å²) in [5.74, 6) is 0.0142. The van der Waals surface area contributed by atoms with Crippen LogP contribution in [0.3, 0.4) is 0 Å². The second kappa shape index (κ2) is 16.0. The number of hydrogen-bond donors (Lipinski definition) is 3. The van der Waals surface area contributed by atoms with Gasteiger partial charge in [-0.1, -0.05) is 83.3 Å². The molecular formula is C23H38N2O3. The highest BCUT2D eigenvalue weighted by Crippen LogP contribution is 2.12. The number of nitrogens with one attached hydrogen (secondary N) is 2. The molecule has 0 fully saturated rings. The fourth-order valence-corrected chi connectivity index (χ4v) is 3.14. The van der Waals surface area contributed by atoms with Crippen molar-refractivity contribution in [2.24, 2.45) is 0 Å². The Morgan fingerprint density at radius 1 is 0.750 bits per heavy atom. The third-order valence-electron chi connectivity index (χ3n) is 4.88. The molecule has 0 spiro atoms. The van der Waals surface area contributed by atoms with Crippen molar-refractivity contribution in [1.82, 2.24) is 10.6 Å². The molecule has 0 aromatic heterocycles. The molecule has 0 aliphatic rings. The Labute approximate surface area is 170 Å². The molecule has 0 aliphatic heterocycles. The van der Waals surface area contributed by atoms with Crippen molar-refractivity contribution < 1.29 is 14.7 Å². The Kier molecular flexibility index (Phi) is 13.7. The van der Waals surface area contributed by atoms with Crippen LogP contribution in [0.15, 0.2) is 24.3 Å². The number of hydrogen-bond acceptors (Lipinski definition) is 3. The zero-order valence-electron chi connectivity index (χ0n) is 17.5. The van der Waals surface area contributed by atoms with Crippen LogP contribution in [0.25, 0.3) is 0 Å². The van der Waals surface area contributed by atoms with Gasteiger partial charge >= 0.3 is 0 Å². The fourth-order valence-electron chi connectivity index (χ4n) is 3.14. The monoisotopic (exact) mass is 390 g/mol. The average molecular weight is 391 g/mol. The number of aromatic hydroxyl groups is 1. The molecule has 0 atom stereocenters. The fraction of sp³-hybridized carbons (Fsp3) is 0.652. The summed E-state index contributed by atoms with van der Waals surface area (Å²) in [6, 6.07) is 6.52. The van der Waals surface area contributed by atoms with E-state index in [9.17, 15) is 14.7 Å². The quantitative estimate of drug-likeness (QED) is 0.279. The zero-order chi connectivity index (χ0) is 20.5. The van der Waals surface area contributed by atoms with Crippen LogP contribution >= 0.6 is 0 Å². The Morgan fingerprint density at radius 3 is 1.82 bits per heavy atom. The molecule has 3 N–H and O–H groups in total. The Bertz CT molecular complexity index is 543. The van der Waals surface area contributed by atoms with E-state index < -0.39 is 0 Å². The van der Waals surface area contributed by atoms with Gasteiger partial charge in [-0.25, -0.2) is 0 Å². The summed E-state index contributed by atoms with van der Waals surface area (Å²) in [6.45, 7) is 2.41. The summed E-state index contributed by atoms with van der Waals surface area (Å²) >= 11 is 0. The van der Waals surface area contributed by atoms with E-state index in [1.54, 1.807) is 24.3 Å². The summed E-state index contributed by atoms with van der Waals surface area (Å²) in [5.41, 5.74) is 0.822. The molecule has 0 unspecified atom stereocenters. The van der Waals surface area contributed by atoms with Gasteiger partial charge in [0, 0.05) is 6.42 Å². The maximum Gasteiger partial charge on any atom is 0.225 e. The number of phenolic OH excluding ortho intramolecular Hbond substituents is 1. The lowest BCUT2D eigenvalue weighted by Crippen LogP contribution is -2.37. The van der Waals surface area contributed by atoms with Crippen LogP contribution in [0.2, 0.25) is 0 Å². The first-order valence-corrected chi connectivity index (χ1v) is 10.9. The molecule has 5 nitrogen and oxygen atoms in total. The molecule has 158 valence electrons. The standard InChI is InChI=1S/C23H38N2O3/c1-2-3-4-5-6-7-8-9-10-11-12-13-22(27)24-19-25-23(28)18-20-14-16-21(26)17-15-20/h14-17,26H,2-13,18-19H2,1H3,(H,24,27)(H,25,28). The third-order valence-corrected chi connectivity index (χ3v) is 4.88. The van der Waals surface area contributed by atoms with Crippen molar-refractivity contribution in [1.29, 1.82) is 0 Å². The van der Waals surface area contributed by atoms with Gasteiger partial charge in [0.1, 0.15) is 5.75 Å². The van der Waals surface area contributed by atoms with Gasteiger partial charge in [0.15, 0.2) is 0 Å². The predicted octanol–water partition coefficient (Wildman–Crippen LogP) is 4.83. The van der Waals surface area contributed by atoms with Gasteiger partial charge in [-0.3, -0.25) is 9.59 Å². The van der Waals surface area contributed by atoms with Crippen LogP contribution in [0.1, 0.15) is 89.5 Å². The summed E-state index contributed by atoms with van der Waals surface area (Å²) in [6.07, 6.45) is 14.7. The number of carbonyl (C=O) groups excluding carboxylic acids is 2. The number of phenols is 1. The smallest absolute Gasteiger partial charge is 0.225 e. The lowest BCUT2D eigenvalue weighted by atomic mass is 10.1. The lowest BCUT2D eigenvalue weighted by Gasteiger charge is -2.08. The topological polar surface area (TPSA) is 78.4 Å². The highest BCUT2D eigenvalue weighted by molar-refractivity contribution is 5.80. The van der Waals surface area contributed by atoms with Gasteiger partial charge in [0.2, 0.25) is 11.8 Å². The van der Waals surface area contributed by atoms with Gasteiger partial charge in [-0.15, -0.1) is 0 Å². The van der Waals surface area contributed by atoms with Gasteiger partial charge in [0.25, 0.3) is 0 Å². The van der Waals surface area contributed by atoms with E-state index in [0.29, 0.717) is 6.42 Å². The summed E-state index contributed by atoms with van der Waals surface area (Å²) in [5, 5.41) is 14.6. The van der Waals surface area contributed by atoms with Crippen LogP contribution in [-0.4, -0.2) is 23.6 Å². The largest absolute Gasteiger partial charge is 0.508 e. The van der Waals surface area contributed by atoms with Crippen LogP contribution in [-0.2, 0) is 16.0 Å². The Balaban J connectivity index is 1.91. The second-order valence-electron chi connectivity index (χ2n) is 7.51. The summed E-state index contributed by atoms with van der Waals surface area (Å²) in [4.78, 5) is 23.6. The van der Waals surface area contributed by atoms with Crippen LogP contribution in [0, 0.1) is 0 Å². The number of rotatable bonds is 16. The minimum absolute atomic E-state index is 0.0131. The van der Waals surface area contributed by atoms with E-state index in [0.717, 1.165) is 18.4 Å². The van der Waals surface area contributed by atoms with Crippen LogP contribution in [0.5, 0.6) is 5.75 Å². The van der Waals surface area contributed by atoms with E-state index in [-0.39, 0.29) is 30.7 Å². The van der Waals surface area contributed by atoms with E-state index in [1.165, 1.54) is 57.8 Å². The molecule has 0 aliphatic carbocycles. The molecular weight excluding hydrogens is 352 g/mol. The van der Waals surface area contributed by atoms with E-state index >= 15 is 0 Å². The van der Waals surface area contributed by atoms with Crippen molar-refractivity contribution in [3.63, 3.8) is 0 Å². The first-order chi connectivity index (χ1) is 13.6. The maximum absolute atomic E-state index is 11.8. The van der Waals surface area contributed by atoms with Gasteiger partial charge in [0.05, 0.1) is 13.1 Å². The molecule has 1 aromatic carbocycles. The summed E-state index contributed by atoms with van der Waals surface area (Å²) < 4.78 is 0. The number of amides is 2. The predicted molar refractivity (Wildman–Crippen MR) is 114 cm³/mol. The van der Waals surface area contributed by atoms with Crippen molar-refractivity contribution in [2.75, 3.05) is 6.67 Å². The molecule has 0 radical (unpaired) electrons. The molecule has 0 bridgehead atoms. The van der Waals surface area contributed by atoms with Crippen LogP contribution < -0.4 is 10.6 Å². The van der Waals surface area contributed by atoms with Crippen molar-refractivity contribution in [3.05, 3.63) is 29.8 Å². The molecule has 1 aromatic rings.